The van der Waals surface area contributed by atoms with Gasteiger partial charge >= 0.3 is 0 Å². The van der Waals surface area contributed by atoms with Crippen molar-refractivity contribution < 1.29 is 9.59 Å². The van der Waals surface area contributed by atoms with Gasteiger partial charge in [-0.3, -0.25) is 9.59 Å². The highest BCUT2D eigenvalue weighted by Crippen LogP contribution is 2.31. The predicted octanol–water partition coefficient (Wildman–Crippen LogP) is 3.07. The van der Waals surface area contributed by atoms with Gasteiger partial charge in [0.25, 0.3) is 0 Å². The molecule has 0 atom stereocenters. The average Bonchev–Trinajstić information content (AvgIpc) is 2.90. The first-order valence-corrected chi connectivity index (χ1v) is 6.69. The summed E-state index contributed by atoms with van der Waals surface area (Å²) in [7, 11) is 0. The summed E-state index contributed by atoms with van der Waals surface area (Å²) in [6.07, 6.45) is 0. The number of ketones is 2. The molecule has 0 saturated carbocycles. The molecular weight excluding hydrogens is 258 g/mol. The summed E-state index contributed by atoms with van der Waals surface area (Å²) in [5.74, 6) is -0.180. The summed E-state index contributed by atoms with van der Waals surface area (Å²) in [5.41, 5.74) is 4.41. The number of rotatable bonds is 0. The Hall–Kier alpha value is -2.33. The van der Waals surface area contributed by atoms with E-state index in [0.29, 0.717) is 22.3 Å². The van der Waals surface area contributed by atoms with Gasteiger partial charge in [-0.2, -0.15) is 0 Å². The van der Waals surface area contributed by atoms with E-state index >= 15 is 0 Å². The Morgan fingerprint density at radius 2 is 1.47 bits per heavy atom. The van der Waals surface area contributed by atoms with E-state index in [4.69, 9.17) is 0 Å². The van der Waals surface area contributed by atoms with E-state index in [2.05, 4.69) is 4.98 Å². The fourth-order valence-corrected chi connectivity index (χ4v) is 3.15. The maximum Gasteiger partial charge on any atom is 0.194 e. The van der Waals surface area contributed by atoms with Gasteiger partial charge in [0.2, 0.25) is 0 Å². The molecule has 3 aromatic rings. The van der Waals surface area contributed by atoms with Crippen LogP contribution in [0.3, 0.4) is 0 Å². The van der Waals surface area contributed by atoms with Crippen molar-refractivity contribution in [2.24, 2.45) is 0 Å². The number of fused-ring (bicyclic) bond motifs is 3. The van der Waals surface area contributed by atoms with Crippen molar-refractivity contribution in [3.63, 3.8) is 0 Å². The van der Waals surface area contributed by atoms with Crippen molar-refractivity contribution in [2.75, 3.05) is 0 Å². The third kappa shape index (κ3) is 1.34. The third-order valence-corrected chi connectivity index (χ3v) is 4.17. The lowest BCUT2D eigenvalue weighted by Crippen LogP contribution is -2.20. The number of hydrogen-bond donors (Lipinski definition) is 0. The highest BCUT2D eigenvalue weighted by Gasteiger charge is 2.29. The molecule has 2 aromatic carbocycles. The minimum absolute atomic E-state index is 0.0829. The average molecular weight is 265 g/mol. The molecule has 4 rings (SSSR count). The molecule has 0 unspecified atom stereocenters. The fourth-order valence-electron chi connectivity index (χ4n) is 2.45. The molecule has 4 heteroatoms. The Morgan fingerprint density at radius 3 is 2.16 bits per heavy atom. The van der Waals surface area contributed by atoms with Gasteiger partial charge in [-0.05, 0) is 12.1 Å². The Bertz CT molecular complexity index is 794. The lowest BCUT2D eigenvalue weighted by atomic mass is 9.84. The third-order valence-electron chi connectivity index (χ3n) is 3.38. The molecule has 90 valence electrons. The van der Waals surface area contributed by atoms with Crippen molar-refractivity contribution >= 4 is 33.1 Å². The van der Waals surface area contributed by atoms with E-state index in [9.17, 15) is 9.59 Å². The molecule has 0 amide bonds. The van der Waals surface area contributed by atoms with Gasteiger partial charge in [0.15, 0.2) is 11.6 Å². The Balaban J connectivity index is 2.09. The maximum absolute atomic E-state index is 12.5. The van der Waals surface area contributed by atoms with Crippen LogP contribution in [0, 0.1) is 0 Å². The van der Waals surface area contributed by atoms with Crippen molar-refractivity contribution in [2.45, 2.75) is 0 Å². The van der Waals surface area contributed by atoms with Crippen LogP contribution in [0.4, 0.5) is 0 Å². The van der Waals surface area contributed by atoms with Gasteiger partial charge in [0, 0.05) is 22.3 Å². The van der Waals surface area contributed by atoms with Crippen LogP contribution in [-0.4, -0.2) is 16.6 Å². The van der Waals surface area contributed by atoms with E-state index in [0.717, 1.165) is 10.2 Å². The normalized spacial score (nSPS) is 13.5. The van der Waals surface area contributed by atoms with Crippen LogP contribution in [0.1, 0.15) is 31.8 Å². The first-order chi connectivity index (χ1) is 9.25. The second-order valence-electron chi connectivity index (χ2n) is 4.42. The lowest BCUT2D eigenvalue weighted by Gasteiger charge is -2.16. The van der Waals surface area contributed by atoms with E-state index in [-0.39, 0.29) is 11.6 Å². The van der Waals surface area contributed by atoms with Gasteiger partial charge in [0.1, 0.15) is 0 Å². The van der Waals surface area contributed by atoms with E-state index in [1.54, 1.807) is 41.9 Å². The molecule has 0 fully saturated rings. The van der Waals surface area contributed by atoms with Crippen molar-refractivity contribution in [1.29, 1.82) is 0 Å². The summed E-state index contributed by atoms with van der Waals surface area (Å²) in [6.45, 7) is 0. The fraction of sp³-hybridized carbons (Fsp3) is 0. The van der Waals surface area contributed by atoms with Crippen LogP contribution in [0.5, 0.6) is 0 Å². The highest BCUT2D eigenvalue weighted by molar-refractivity contribution is 7.16. The SMILES string of the molecule is O=C1c2ccccc2C(=O)c2cc3scnc3cc21. The summed E-state index contributed by atoms with van der Waals surface area (Å²) in [6, 6.07) is 10.4. The Morgan fingerprint density at radius 1 is 0.842 bits per heavy atom. The number of hydrogen-bond acceptors (Lipinski definition) is 4. The van der Waals surface area contributed by atoms with Crippen molar-refractivity contribution in [3.05, 3.63) is 64.2 Å². The van der Waals surface area contributed by atoms with Crippen LogP contribution < -0.4 is 0 Å². The van der Waals surface area contributed by atoms with Gasteiger partial charge in [-0.1, -0.05) is 24.3 Å². The minimum atomic E-state index is -0.0971. The second kappa shape index (κ2) is 3.59. The molecular formula is C15H7NO2S. The molecule has 0 saturated heterocycles. The molecule has 19 heavy (non-hydrogen) atoms. The smallest absolute Gasteiger partial charge is 0.194 e. The molecule has 3 nitrogen and oxygen atoms in total. The monoisotopic (exact) mass is 265 g/mol. The molecule has 1 aliphatic rings. The maximum atomic E-state index is 12.5. The number of aromatic nitrogens is 1. The first-order valence-electron chi connectivity index (χ1n) is 5.81. The lowest BCUT2D eigenvalue weighted by molar-refractivity contribution is 0.0979. The Kier molecular flexibility index (Phi) is 2.00. The second-order valence-corrected chi connectivity index (χ2v) is 5.31. The highest BCUT2D eigenvalue weighted by atomic mass is 32.1. The molecule has 1 heterocycles. The number of carbonyl (C=O) groups is 2. The van der Waals surface area contributed by atoms with Gasteiger partial charge in [0.05, 0.1) is 15.7 Å². The number of nitrogens with zero attached hydrogens (tertiary/aromatic N) is 1. The topological polar surface area (TPSA) is 47.0 Å². The van der Waals surface area contributed by atoms with Crippen molar-refractivity contribution in [3.8, 4) is 0 Å². The van der Waals surface area contributed by atoms with Crippen molar-refractivity contribution in [1.82, 2.24) is 4.98 Å². The Labute approximate surface area is 112 Å². The standard InChI is InChI=1S/C15H7NO2S/c17-14-8-3-1-2-4-9(8)15(18)11-6-13-12(5-10(11)14)16-7-19-13/h1-7H. The number of carbonyl (C=O) groups excluding carboxylic acids is 2. The van der Waals surface area contributed by atoms with E-state index in [1.165, 1.54) is 11.3 Å². The largest absolute Gasteiger partial charge is 0.289 e. The zero-order chi connectivity index (χ0) is 13.0. The first kappa shape index (κ1) is 10.6. The van der Waals surface area contributed by atoms with Gasteiger partial charge < -0.3 is 0 Å². The quantitative estimate of drug-likeness (QED) is 0.491. The molecule has 0 aliphatic heterocycles. The minimum Gasteiger partial charge on any atom is -0.289 e. The van der Waals surface area contributed by atoms with Crippen LogP contribution in [0.25, 0.3) is 10.2 Å². The molecule has 0 spiro atoms. The molecule has 0 N–H and O–H groups in total. The molecule has 1 aromatic heterocycles. The van der Waals surface area contributed by atoms with Crippen LogP contribution >= 0.6 is 11.3 Å². The van der Waals surface area contributed by atoms with Crippen LogP contribution in [0.2, 0.25) is 0 Å². The summed E-state index contributed by atoms with van der Waals surface area (Å²) < 4.78 is 0.930. The predicted molar refractivity (Wildman–Crippen MR) is 72.9 cm³/mol. The summed E-state index contributed by atoms with van der Waals surface area (Å²) in [5, 5.41) is 0. The molecule has 0 bridgehead atoms. The van der Waals surface area contributed by atoms with Crippen LogP contribution in [-0.2, 0) is 0 Å². The van der Waals surface area contributed by atoms with Crippen LogP contribution in [0.15, 0.2) is 41.9 Å². The summed E-state index contributed by atoms with van der Waals surface area (Å²) in [4.78, 5) is 29.1. The van der Waals surface area contributed by atoms with Gasteiger partial charge in [-0.25, -0.2) is 4.98 Å². The number of thiazole rings is 1. The summed E-state index contributed by atoms with van der Waals surface area (Å²) >= 11 is 1.47. The molecule has 0 radical (unpaired) electrons. The van der Waals surface area contributed by atoms with E-state index < -0.39 is 0 Å². The van der Waals surface area contributed by atoms with Gasteiger partial charge in [-0.15, -0.1) is 11.3 Å². The number of benzene rings is 2. The van der Waals surface area contributed by atoms with E-state index in [1.807, 2.05) is 0 Å². The molecule has 1 aliphatic carbocycles. The zero-order valence-corrected chi connectivity index (χ0v) is 10.5. The zero-order valence-electron chi connectivity index (χ0n) is 9.71.